The Hall–Kier alpha value is -2.37. The molecular formula is C19H27N5O. The fourth-order valence-corrected chi connectivity index (χ4v) is 3.40. The molecular weight excluding hydrogens is 314 g/mol. The lowest BCUT2D eigenvalue weighted by molar-refractivity contribution is 0.0703. The van der Waals surface area contributed by atoms with E-state index in [9.17, 15) is 4.79 Å². The van der Waals surface area contributed by atoms with Gasteiger partial charge in [0.05, 0.1) is 0 Å². The lowest BCUT2D eigenvalue weighted by atomic mass is 9.96. The monoisotopic (exact) mass is 341 g/mol. The number of nitrogens with zero attached hydrogens (tertiary/aromatic N) is 5. The minimum absolute atomic E-state index is 0.102. The highest BCUT2D eigenvalue weighted by Gasteiger charge is 2.28. The van der Waals surface area contributed by atoms with Crippen LogP contribution in [0.25, 0.3) is 0 Å². The van der Waals surface area contributed by atoms with Gasteiger partial charge >= 0.3 is 0 Å². The maximum absolute atomic E-state index is 12.9. The lowest BCUT2D eigenvalue weighted by Crippen LogP contribution is -2.39. The van der Waals surface area contributed by atoms with E-state index < -0.39 is 0 Å². The van der Waals surface area contributed by atoms with Gasteiger partial charge < -0.3 is 14.4 Å². The smallest absolute Gasteiger partial charge is 0.253 e. The average Bonchev–Trinajstić information content (AvgIpc) is 3.11. The Morgan fingerprint density at radius 2 is 1.96 bits per heavy atom. The number of likely N-dealkylation sites (tertiary alicyclic amines) is 1. The van der Waals surface area contributed by atoms with Gasteiger partial charge in [-0.05, 0) is 51.0 Å². The number of amides is 1. The Labute approximate surface area is 149 Å². The van der Waals surface area contributed by atoms with Crippen molar-refractivity contribution in [3.05, 3.63) is 42.0 Å². The van der Waals surface area contributed by atoms with Crippen LogP contribution >= 0.6 is 0 Å². The van der Waals surface area contributed by atoms with Gasteiger partial charge in [0, 0.05) is 50.4 Å². The standard InChI is InChI=1S/C19H27N5O/c1-14(2)24-13-20-21-18(24)16-6-5-11-23(12-16)19(25)15-7-9-17(10-8-15)22(3)4/h7-10,13-14,16H,5-6,11-12H2,1-4H3. The van der Waals surface area contributed by atoms with E-state index in [1.165, 1.54) is 0 Å². The molecule has 0 bridgehead atoms. The summed E-state index contributed by atoms with van der Waals surface area (Å²) in [5, 5.41) is 8.41. The van der Waals surface area contributed by atoms with Crippen LogP contribution in [0.4, 0.5) is 5.69 Å². The van der Waals surface area contributed by atoms with Crippen LogP contribution in [0.1, 0.15) is 54.8 Å². The second kappa shape index (κ2) is 7.25. The summed E-state index contributed by atoms with van der Waals surface area (Å²) >= 11 is 0. The summed E-state index contributed by atoms with van der Waals surface area (Å²) in [4.78, 5) is 16.9. The van der Waals surface area contributed by atoms with Crippen molar-refractivity contribution in [2.75, 3.05) is 32.1 Å². The highest BCUT2D eigenvalue weighted by Crippen LogP contribution is 2.28. The first kappa shape index (κ1) is 17.5. The first-order chi connectivity index (χ1) is 12.0. The van der Waals surface area contributed by atoms with Gasteiger partial charge in [-0.1, -0.05) is 0 Å². The molecule has 1 amide bonds. The molecule has 6 heteroatoms. The molecule has 2 heterocycles. The molecule has 0 aliphatic carbocycles. The molecule has 6 nitrogen and oxygen atoms in total. The van der Waals surface area contributed by atoms with E-state index in [4.69, 9.17) is 0 Å². The van der Waals surface area contributed by atoms with Crippen LogP contribution in [0.15, 0.2) is 30.6 Å². The number of piperidine rings is 1. The zero-order valence-corrected chi connectivity index (χ0v) is 15.5. The maximum atomic E-state index is 12.9. The molecule has 1 unspecified atom stereocenters. The molecule has 25 heavy (non-hydrogen) atoms. The molecule has 0 spiro atoms. The van der Waals surface area contributed by atoms with Crippen molar-refractivity contribution in [3.63, 3.8) is 0 Å². The van der Waals surface area contributed by atoms with Gasteiger partial charge in [-0.15, -0.1) is 10.2 Å². The SMILES string of the molecule is CC(C)n1cnnc1C1CCCN(C(=O)c2ccc(N(C)C)cc2)C1. The van der Waals surface area contributed by atoms with Crippen LogP contribution in [-0.4, -0.2) is 52.8 Å². The van der Waals surface area contributed by atoms with E-state index in [0.717, 1.165) is 36.5 Å². The van der Waals surface area contributed by atoms with Crippen LogP contribution in [-0.2, 0) is 0 Å². The summed E-state index contributed by atoms with van der Waals surface area (Å²) in [6.07, 6.45) is 3.84. The molecule has 1 aromatic carbocycles. The van der Waals surface area contributed by atoms with Crippen molar-refractivity contribution in [3.8, 4) is 0 Å². The fourth-order valence-electron chi connectivity index (χ4n) is 3.40. The molecule has 0 saturated carbocycles. The topological polar surface area (TPSA) is 54.3 Å². The number of carbonyl (C=O) groups is 1. The summed E-state index contributed by atoms with van der Waals surface area (Å²) < 4.78 is 2.12. The third kappa shape index (κ3) is 3.67. The van der Waals surface area contributed by atoms with Crippen molar-refractivity contribution >= 4 is 11.6 Å². The lowest BCUT2D eigenvalue weighted by Gasteiger charge is -2.33. The Bertz CT molecular complexity index is 720. The number of anilines is 1. The first-order valence-corrected chi connectivity index (χ1v) is 8.93. The van der Waals surface area contributed by atoms with Crippen molar-refractivity contribution in [1.82, 2.24) is 19.7 Å². The molecule has 0 radical (unpaired) electrons. The van der Waals surface area contributed by atoms with E-state index >= 15 is 0 Å². The molecule has 2 aromatic rings. The van der Waals surface area contributed by atoms with E-state index in [1.54, 1.807) is 6.33 Å². The molecule has 1 saturated heterocycles. The Morgan fingerprint density at radius 1 is 1.24 bits per heavy atom. The Morgan fingerprint density at radius 3 is 2.60 bits per heavy atom. The van der Waals surface area contributed by atoms with Crippen molar-refractivity contribution < 1.29 is 4.79 Å². The summed E-state index contributed by atoms with van der Waals surface area (Å²) in [7, 11) is 3.99. The van der Waals surface area contributed by atoms with E-state index in [-0.39, 0.29) is 11.8 Å². The van der Waals surface area contributed by atoms with Gasteiger partial charge in [0.2, 0.25) is 0 Å². The quantitative estimate of drug-likeness (QED) is 0.858. The Kier molecular flexibility index (Phi) is 5.06. The van der Waals surface area contributed by atoms with Crippen LogP contribution < -0.4 is 4.90 Å². The van der Waals surface area contributed by atoms with Crippen LogP contribution in [0.2, 0.25) is 0 Å². The largest absolute Gasteiger partial charge is 0.378 e. The number of benzene rings is 1. The summed E-state index contributed by atoms with van der Waals surface area (Å²) in [5.74, 6) is 1.35. The Balaban J connectivity index is 1.74. The number of hydrogen-bond donors (Lipinski definition) is 0. The van der Waals surface area contributed by atoms with Gasteiger partial charge in [0.1, 0.15) is 12.2 Å². The summed E-state index contributed by atoms with van der Waals surface area (Å²) in [6, 6.07) is 8.14. The molecule has 1 atom stereocenters. The van der Waals surface area contributed by atoms with E-state index in [2.05, 4.69) is 28.6 Å². The summed E-state index contributed by atoms with van der Waals surface area (Å²) in [5.41, 5.74) is 1.84. The van der Waals surface area contributed by atoms with Crippen molar-refractivity contribution in [1.29, 1.82) is 0 Å². The second-order valence-corrected chi connectivity index (χ2v) is 7.22. The number of hydrogen-bond acceptors (Lipinski definition) is 4. The average molecular weight is 341 g/mol. The first-order valence-electron chi connectivity index (χ1n) is 8.93. The number of aromatic nitrogens is 3. The van der Waals surface area contributed by atoms with Crippen molar-refractivity contribution in [2.24, 2.45) is 0 Å². The number of carbonyl (C=O) groups excluding carboxylic acids is 1. The molecule has 1 fully saturated rings. The highest BCUT2D eigenvalue weighted by atomic mass is 16.2. The molecule has 3 rings (SSSR count). The van der Waals surface area contributed by atoms with Crippen molar-refractivity contribution in [2.45, 2.75) is 38.6 Å². The predicted octanol–water partition coefficient (Wildman–Crippen LogP) is 2.94. The molecule has 1 aromatic heterocycles. The zero-order valence-electron chi connectivity index (χ0n) is 15.5. The normalized spacial score (nSPS) is 17.8. The van der Waals surface area contributed by atoms with Gasteiger partial charge in [0.25, 0.3) is 5.91 Å². The van der Waals surface area contributed by atoms with E-state index in [1.807, 2.05) is 48.2 Å². The third-order valence-electron chi connectivity index (χ3n) is 4.86. The third-order valence-corrected chi connectivity index (χ3v) is 4.86. The molecule has 1 aliphatic rings. The van der Waals surface area contributed by atoms with Gasteiger partial charge in [-0.2, -0.15) is 0 Å². The van der Waals surface area contributed by atoms with Gasteiger partial charge in [-0.25, -0.2) is 0 Å². The summed E-state index contributed by atoms with van der Waals surface area (Å²) in [6.45, 7) is 5.77. The van der Waals surface area contributed by atoms with Crippen LogP contribution in [0.3, 0.4) is 0 Å². The fraction of sp³-hybridized carbons (Fsp3) is 0.526. The number of rotatable bonds is 4. The predicted molar refractivity (Wildman–Crippen MR) is 99.1 cm³/mol. The molecule has 134 valence electrons. The van der Waals surface area contributed by atoms with Gasteiger partial charge in [0.15, 0.2) is 0 Å². The minimum Gasteiger partial charge on any atom is -0.378 e. The zero-order chi connectivity index (χ0) is 18.0. The van der Waals surface area contributed by atoms with Crippen LogP contribution in [0, 0.1) is 0 Å². The minimum atomic E-state index is 0.102. The highest BCUT2D eigenvalue weighted by molar-refractivity contribution is 5.94. The maximum Gasteiger partial charge on any atom is 0.253 e. The van der Waals surface area contributed by atoms with E-state index in [0.29, 0.717) is 12.6 Å². The second-order valence-electron chi connectivity index (χ2n) is 7.22. The molecule has 0 N–H and O–H groups in total. The van der Waals surface area contributed by atoms with Crippen LogP contribution in [0.5, 0.6) is 0 Å². The molecule has 1 aliphatic heterocycles. The van der Waals surface area contributed by atoms with Gasteiger partial charge in [-0.3, -0.25) is 4.79 Å².